The summed E-state index contributed by atoms with van der Waals surface area (Å²) in [4.78, 5) is 35.8. The molecule has 2 aliphatic rings. The highest BCUT2D eigenvalue weighted by Gasteiger charge is 2.48. The number of carboxylic acids is 1. The number of aromatic nitrogens is 2. The molecule has 1 amide bonds. The Morgan fingerprint density at radius 3 is 2.61 bits per heavy atom. The number of amides is 1. The van der Waals surface area contributed by atoms with Gasteiger partial charge in [-0.1, -0.05) is 0 Å². The first kappa shape index (κ1) is 15.8. The van der Waals surface area contributed by atoms with Crippen LogP contribution in [0.4, 0.5) is 0 Å². The lowest BCUT2D eigenvalue weighted by atomic mass is 9.95. The Hall–Kier alpha value is -2.06. The monoisotopic (exact) mass is 320 g/mol. The Morgan fingerprint density at radius 2 is 2.04 bits per heavy atom. The maximum atomic E-state index is 12.5. The molecule has 1 atom stereocenters. The average molecular weight is 320 g/mol. The summed E-state index contributed by atoms with van der Waals surface area (Å²) < 4.78 is 5.31. The fraction of sp³-hybridized carbons (Fsp3) is 0.600. The lowest BCUT2D eigenvalue weighted by molar-refractivity contribution is -0.152. The van der Waals surface area contributed by atoms with Gasteiger partial charge in [0.2, 0.25) is 0 Å². The Labute approximate surface area is 134 Å². The minimum atomic E-state index is -0.944. The van der Waals surface area contributed by atoms with Gasteiger partial charge in [-0.25, -0.2) is 9.97 Å². The maximum Gasteiger partial charge on any atom is 0.326 e. The zero-order chi connectivity index (χ0) is 16.4. The molecule has 0 spiro atoms. The summed E-state index contributed by atoms with van der Waals surface area (Å²) >= 11 is 0. The molecule has 0 saturated carbocycles. The Bertz CT molecular complexity index is 607. The van der Waals surface area contributed by atoms with Gasteiger partial charge in [0.15, 0.2) is 0 Å². The van der Waals surface area contributed by atoms with Crippen LogP contribution in [0.2, 0.25) is 0 Å². The highest BCUT2D eigenvalue weighted by atomic mass is 16.5. The number of carboxylic acid groups (broad SMARTS) is 1. The summed E-state index contributed by atoms with van der Waals surface area (Å²) in [6, 6.07) is 0. The molecular weight excluding hydrogens is 300 g/mol. The summed E-state index contributed by atoms with van der Waals surface area (Å²) in [6.07, 6.45) is 3.43. The van der Waals surface area contributed by atoms with Gasteiger partial charge in [0.25, 0.3) is 5.91 Å². The van der Waals surface area contributed by atoms with E-state index in [4.69, 9.17) is 4.74 Å². The highest BCUT2D eigenvalue weighted by molar-refractivity contribution is 5.95. The number of carbonyl (C=O) groups excluding carboxylic acids is 1. The number of ether oxygens (including phenoxy) is 1. The number of piperazine rings is 1. The first-order valence-corrected chi connectivity index (χ1v) is 7.67. The first-order valence-electron chi connectivity index (χ1n) is 7.67. The molecule has 2 saturated heterocycles. The zero-order valence-electron chi connectivity index (χ0n) is 13.1. The van der Waals surface area contributed by atoms with Crippen molar-refractivity contribution in [2.24, 2.45) is 0 Å². The molecule has 8 heteroatoms. The molecule has 3 rings (SSSR count). The molecular formula is C15H20N4O4. The Morgan fingerprint density at radius 1 is 1.30 bits per heavy atom. The van der Waals surface area contributed by atoms with E-state index in [1.54, 1.807) is 11.8 Å². The van der Waals surface area contributed by atoms with E-state index < -0.39 is 11.5 Å². The molecule has 3 heterocycles. The van der Waals surface area contributed by atoms with E-state index in [0.717, 1.165) is 0 Å². The number of aliphatic carboxylic acids is 1. The number of hydrogen-bond acceptors (Lipinski definition) is 6. The van der Waals surface area contributed by atoms with Crippen LogP contribution in [-0.4, -0.2) is 81.7 Å². The fourth-order valence-electron chi connectivity index (χ4n) is 3.22. The third kappa shape index (κ3) is 2.79. The number of aryl methyl sites for hydroxylation is 1. The van der Waals surface area contributed by atoms with Gasteiger partial charge in [0.05, 0.1) is 17.9 Å². The van der Waals surface area contributed by atoms with Crippen LogP contribution in [0.3, 0.4) is 0 Å². The molecule has 124 valence electrons. The van der Waals surface area contributed by atoms with Crippen LogP contribution >= 0.6 is 0 Å². The number of hydrogen-bond donors (Lipinski definition) is 1. The van der Waals surface area contributed by atoms with Crippen LogP contribution in [-0.2, 0) is 9.53 Å². The number of rotatable bonds is 3. The molecule has 0 radical (unpaired) electrons. The summed E-state index contributed by atoms with van der Waals surface area (Å²) in [6.45, 7) is 4.47. The third-order valence-electron chi connectivity index (χ3n) is 4.71. The lowest BCUT2D eigenvalue weighted by Gasteiger charge is -2.42. The van der Waals surface area contributed by atoms with Crippen LogP contribution < -0.4 is 0 Å². The van der Waals surface area contributed by atoms with E-state index in [0.29, 0.717) is 50.5 Å². The van der Waals surface area contributed by atoms with Crippen LogP contribution in [0.25, 0.3) is 0 Å². The summed E-state index contributed by atoms with van der Waals surface area (Å²) in [5.41, 5.74) is 0.206. The van der Waals surface area contributed by atoms with Gasteiger partial charge < -0.3 is 14.7 Å². The SMILES string of the molecule is Cc1ncncc1C(=O)N1CCN(C2(C(=O)O)CCOC2)CC1. The van der Waals surface area contributed by atoms with Gasteiger partial charge in [-0.15, -0.1) is 0 Å². The summed E-state index contributed by atoms with van der Waals surface area (Å²) in [5, 5.41) is 9.59. The molecule has 2 aliphatic heterocycles. The second-order valence-corrected chi connectivity index (χ2v) is 5.94. The van der Waals surface area contributed by atoms with Crippen molar-refractivity contribution in [1.82, 2.24) is 19.8 Å². The molecule has 8 nitrogen and oxygen atoms in total. The molecule has 1 N–H and O–H groups in total. The van der Waals surface area contributed by atoms with Crippen molar-refractivity contribution in [2.45, 2.75) is 18.9 Å². The normalized spacial score (nSPS) is 25.5. The maximum absolute atomic E-state index is 12.5. The Kier molecular flexibility index (Phi) is 4.27. The topological polar surface area (TPSA) is 95.9 Å². The van der Waals surface area contributed by atoms with Gasteiger partial charge in [-0.3, -0.25) is 14.5 Å². The van der Waals surface area contributed by atoms with E-state index in [1.807, 2.05) is 4.90 Å². The molecule has 0 aliphatic carbocycles. The Balaban J connectivity index is 1.68. The molecule has 1 unspecified atom stereocenters. The number of carbonyl (C=O) groups is 2. The van der Waals surface area contributed by atoms with E-state index in [2.05, 4.69) is 9.97 Å². The van der Waals surface area contributed by atoms with Crippen molar-refractivity contribution in [1.29, 1.82) is 0 Å². The molecule has 23 heavy (non-hydrogen) atoms. The van der Waals surface area contributed by atoms with Gasteiger partial charge >= 0.3 is 5.97 Å². The van der Waals surface area contributed by atoms with E-state index in [-0.39, 0.29) is 12.5 Å². The van der Waals surface area contributed by atoms with Crippen molar-refractivity contribution in [2.75, 3.05) is 39.4 Å². The molecule has 1 aromatic rings. The number of nitrogens with zero attached hydrogens (tertiary/aromatic N) is 4. The van der Waals surface area contributed by atoms with Crippen LogP contribution in [0, 0.1) is 6.92 Å². The van der Waals surface area contributed by atoms with Crippen molar-refractivity contribution in [3.05, 3.63) is 23.8 Å². The van der Waals surface area contributed by atoms with Crippen molar-refractivity contribution >= 4 is 11.9 Å². The molecule has 1 aromatic heterocycles. The average Bonchev–Trinajstić information content (AvgIpc) is 3.06. The molecule has 0 aromatic carbocycles. The van der Waals surface area contributed by atoms with Crippen molar-refractivity contribution < 1.29 is 19.4 Å². The van der Waals surface area contributed by atoms with Crippen molar-refractivity contribution in [3.63, 3.8) is 0 Å². The van der Waals surface area contributed by atoms with E-state index in [1.165, 1.54) is 12.5 Å². The lowest BCUT2D eigenvalue weighted by Crippen LogP contribution is -2.61. The predicted octanol–water partition coefficient (Wildman–Crippen LogP) is -0.213. The first-order chi connectivity index (χ1) is 11.0. The van der Waals surface area contributed by atoms with E-state index in [9.17, 15) is 14.7 Å². The summed E-state index contributed by atoms with van der Waals surface area (Å²) in [5.74, 6) is -0.947. The summed E-state index contributed by atoms with van der Waals surface area (Å²) in [7, 11) is 0. The minimum absolute atomic E-state index is 0.102. The largest absolute Gasteiger partial charge is 0.480 e. The van der Waals surface area contributed by atoms with Crippen LogP contribution in [0.1, 0.15) is 22.5 Å². The highest BCUT2D eigenvalue weighted by Crippen LogP contribution is 2.28. The second-order valence-electron chi connectivity index (χ2n) is 5.94. The predicted molar refractivity (Wildman–Crippen MR) is 80.0 cm³/mol. The van der Waals surface area contributed by atoms with Crippen LogP contribution in [0.15, 0.2) is 12.5 Å². The van der Waals surface area contributed by atoms with Gasteiger partial charge in [0.1, 0.15) is 11.9 Å². The smallest absolute Gasteiger partial charge is 0.326 e. The minimum Gasteiger partial charge on any atom is -0.480 e. The standard InChI is InChI=1S/C15H20N4O4/c1-11-12(8-16-10-17-11)13(20)18-3-5-19(6-4-18)15(14(21)22)2-7-23-9-15/h8,10H,2-7,9H2,1H3,(H,21,22). The fourth-order valence-corrected chi connectivity index (χ4v) is 3.22. The zero-order valence-corrected chi connectivity index (χ0v) is 13.1. The van der Waals surface area contributed by atoms with Gasteiger partial charge in [-0.05, 0) is 6.92 Å². The molecule has 0 bridgehead atoms. The van der Waals surface area contributed by atoms with Crippen LogP contribution in [0.5, 0.6) is 0 Å². The van der Waals surface area contributed by atoms with Crippen molar-refractivity contribution in [3.8, 4) is 0 Å². The van der Waals surface area contributed by atoms with E-state index >= 15 is 0 Å². The third-order valence-corrected chi connectivity index (χ3v) is 4.71. The second kappa shape index (κ2) is 6.21. The molecule has 2 fully saturated rings. The van der Waals surface area contributed by atoms with Gasteiger partial charge in [-0.2, -0.15) is 0 Å². The quantitative estimate of drug-likeness (QED) is 0.823. The van der Waals surface area contributed by atoms with Gasteiger partial charge in [0, 0.05) is 45.4 Å².